The molecular weight excluding hydrogens is 454 g/mol. The SMILES string of the molecule is CCN(CC)S(=O)(=O)c1ccc(Cl)c(C(=O)N[C@H](C)[C@@H](c2cccs2)[NH+]2CCCC2)c1. The summed E-state index contributed by atoms with van der Waals surface area (Å²) in [6.45, 7) is 8.48. The summed E-state index contributed by atoms with van der Waals surface area (Å²) < 4.78 is 27.1. The largest absolute Gasteiger partial charge is 0.343 e. The van der Waals surface area contributed by atoms with Gasteiger partial charge in [0.15, 0.2) is 0 Å². The van der Waals surface area contributed by atoms with Crippen molar-refractivity contribution in [2.75, 3.05) is 26.2 Å². The Labute approximate surface area is 194 Å². The van der Waals surface area contributed by atoms with Crippen LogP contribution in [0.2, 0.25) is 5.02 Å². The fourth-order valence-corrected chi connectivity index (χ4v) is 7.01. The minimum Gasteiger partial charge on any atom is -0.343 e. The van der Waals surface area contributed by atoms with Crippen LogP contribution in [0.1, 0.15) is 54.9 Å². The van der Waals surface area contributed by atoms with Crippen molar-refractivity contribution >= 4 is 38.9 Å². The van der Waals surface area contributed by atoms with Gasteiger partial charge < -0.3 is 10.2 Å². The minimum absolute atomic E-state index is 0.0818. The number of rotatable bonds is 9. The number of amides is 1. The number of carbonyl (C=O) groups excluding carboxylic acids is 1. The zero-order chi connectivity index (χ0) is 22.6. The highest BCUT2D eigenvalue weighted by molar-refractivity contribution is 7.89. The number of quaternary nitrogens is 1. The molecule has 0 radical (unpaired) electrons. The lowest BCUT2D eigenvalue weighted by Crippen LogP contribution is -3.11. The second kappa shape index (κ2) is 10.4. The molecule has 1 amide bonds. The average Bonchev–Trinajstić information content (AvgIpc) is 3.44. The van der Waals surface area contributed by atoms with Crippen LogP contribution in [0.4, 0.5) is 0 Å². The number of benzene rings is 1. The van der Waals surface area contributed by atoms with Crippen LogP contribution in [0.25, 0.3) is 0 Å². The number of thiophene rings is 1. The van der Waals surface area contributed by atoms with Crippen molar-refractivity contribution < 1.29 is 18.1 Å². The normalized spacial score (nSPS) is 17.1. The van der Waals surface area contributed by atoms with Gasteiger partial charge in [0.2, 0.25) is 10.0 Å². The zero-order valence-electron chi connectivity index (χ0n) is 18.2. The molecule has 1 fully saturated rings. The Kier molecular flexibility index (Phi) is 8.15. The summed E-state index contributed by atoms with van der Waals surface area (Å²) in [5, 5.41) is 5.39. The third-order valence-corrected chi connectivity index (χ3v) is 9.25. The molecule has 0 aliphatic carbocycles. The summed E-state index contributed by atoms with van der Waals surface area (Å²) in [6.07, 6.45) is 2.38. The van der Waals surface area contributed by atoms with Gasteiger partial charge in [-0.05, 0) is 36.6 Å². The van der Waals surface area contributed by atoms with E-state index in [-0.39, 0.29) is 33.5 Å². The van der Waals surface area contributed by atoms with Crippen molar-refractivity contribution in [3.05, 3.63) is 51.2 Å². The maximum absolute atomic E-state index is 13.1. The van der Waals surface area contributed by atoms with Crippen LogP contribution in [0, 0.1) is 0 Å². The van der Waals surface area contributed by atoms with Gasteiger partial charge in [0.05, 0.1) is 39.5 Å². The highest BCUT2D eigenvalue weighted by Gasteiger charge is 2.34. The molecule has 2 heterocycles. The Bertz CT molecular complexity index is 985. The first kappa shape index (κ1) is 24.2. The maximum atomic E-state index is 13.1. The maximum Gasteiger partial charge on any atom is 0.253 e. The van der Waals surface area contributed by atoms with Crippen molar-refractivity contribution in [3.8, 4) is 0 Å². The Morgan fingerprint density at radius 1 is 1.23 bits per heavy atom. The summed E-state index contributed by atoms with van der Waals surface area (Å²) in [5.41, 5.74) is 0.183. The number of nitrogens with one attached hydrogen (secondary N) is 2. The lowest BCUT2D eigenvalue weighted by atomic mass is 10.1. The first-order valence-electron chi connectivity index (χ1n) is 10.8. The second-order valence-corrected chi connectivity index (χ2v) is 11.2. The van der Waals surface area contributed by atoms with Gasteiger partial charge in [0.1, 0.15) is 6.04 Å². The molecule has 31 heavy (non-hydrogen) atoms. The van der Waals surface area contributed by atoms with Crippen molar-refractivity contribution in [2.24, 2.45) is 0 Å². The lowest BCUT2D eigenvalue weighted by Gasteiger charge is -2.29. The number of likely N-dealkylation sites (tertiary alicyclic amines) is 1. The Morgan fingerprint density at radius 3 is 2.48 bits per heavy atom. The highest BCUT2D eigenvalue weighted by atomic mass is 35.5. The molecule has 0 saturated carbocycles. The van der Waals surface area contributed by atoms with Crippen LogP contribution in [-0.4, -0.2) is 50.9 Å². The van der Waals surface area contributed by atoms with Gasteiger partial charge >= 0.3 is 0 Å². The van der Waals surface area contributed by atoms with E-state index in [1.807, 2.05) is 13.0 Å². The number of nitrogens with zero attached hydrogens (tertiary/aromatic N) is 1. The molecule has 2 atom stereocenters. The number of carbonyl (C=O) groups is 1. The molecule has 0 unspecified atom stereocenters. The summed E-state index contributed by atoms with van der Waals surface area (Å²) >= 11 is 8.01. The van der Waals surface area contributed by atoms with E-state index in [9.17, 15) is 13.2 Å². The van der Waals surface area contributed by atoms with Gasteiger partial charge in [-0.3, -0.25) is 4.79 Å². The van der Waals surface area contributed by atoms with Crippen LogP contribution < -0.4 is 10.2 Å². The van der Waals surface area contributed by atoms with Crippen molar-refractivity contribution in [1.29, 1.82) is 0 Å². The second-order valence-electron chi connectivity index (χ2n) is 7.85. The molecule has 2 N–H and O–H groups in total. The predicted molar refractivity (Wildman–Crippen MR) is 125 cm³/mol. The number of sulfonamides is 1. The molecule has 1 saturated heterocycles. The van der Waals surface area contributed by atoms with Crippen LogP contribution in [0.3, 0.4) is 0 Å². The predicted octanol–water partition coefficient (Wildman–Crippen LogP) is 2.97. The number of halogens is 1. The van der Waals surface area contributed by atoms with E-state index < -0.39 is 10.0 Å². The molecule has 1 aliphatic heterocycles. The first-order valence-corrected chi connectivity index (χ1v) is 13.5. The van der Waals surface area contributed by atoms with E-state index in [0.717, 1.165) is 13.1 Å². The van der Waals surface area contributed by atoms with E-state index in [4.69, 9.17) is 11.6 Å². The fraction of sp³-hybridized carbons (Fsp3) is 0.500. The van der Waals surface area contributed by atoms with Crippen LogP contribution >= 0.6 is 22.9 Å². The molecule has 1 aromatic carbocycles. The van der Waals surface area contributed by atoms with E-state index in [1.165, 1.54) is 45.1 Å². The van der Waals surface area contributed by atoms with Gasteiger partial charge in [-0.1, -0.05) is 31.5 Å². The molecule has 3 rings (SSSR count). The first-order chi connectivity index (χ1) is 14.8. The van der Waals surface area contributed by atoms with E-state index in [2.05, 4.69) is 16.8 Å². The Balaban J connectivity index is 1.85. The fourth-order valence-electron chi connectivity index (χ4n) is 4.33. The summed E-state index contributed by atoms with van der Waals surface area (Å²) in [7, 11) is -3.68. The Morgan fingerprint density at radius 2 is 1.90 bits per heavy atom. The molecule has 0 bridgehead atoms. The molecule has 0 spiro atoms. The monoisotopic (exact) mass is 484 g/mol. The van der Waals surface area contributed by atoms with Crippen LogP contribution in [-0.2, 0) is 10.0 Å². The summed E-state index contributed by atoms with van der Waals surface area (Å²) in [5.74, 6) is -0.353. The van der Waals surface area contributed by atoms with E-state index in [0.29, 0.717) is 13.1 Å². The average molecular weight is 485 g/mol. The smallest absolute Gasteiger partial charge is 0.253 e. The molecule has 6 nitrogen and oxygen atoms in total. The topological polar surface area (TPSA) is 70.9 Å². The van der Waals surface area contributed by atoms with Gasteiger partial charge in [0.25, 0.3) is 5.91 Å². The quantitative estimate of drug-likeness (QED) is 0.574. The van der Waals surface area contributed by atoms with Gasteiger partial charge in [-0.25, -0.2) is 8.42 Å². The van der Waals surface area contributed by atoms with Crippen LogP contribution in [0.15, 0.2) is 40.6 Å². The zero-order valence-corrected chi connectivity index (χ0v) is 20.6. The van der Waals surface area contributed by atoms with Crippen molar-refractivity contribution in [3.63, 3.8) is 0 Å². The third kappa shape index (κ3) is 5.31. The number of hydrogen-bond donors (Lipinski definition) is 2. The van der Waals surface area contributed by atoms with Crippen LogP contribution in [0.5, 0.6) is 0 Å². The minimum atomic E-state index is -3.68. The molecule has 1 aromatic heterocycles. The van der Waals surface area contributed by atoms with Crippen molar-refractivity contribution in [1.82, 2.24) is 9.62 Å². The van der Waals surface area contributed by atoms with Gasteiger partial charge in [-0.2, -0.15) is 4.31 Å². The highest BCUT2D eigenvalue weighted by Crippen LogP contribution is 2.25. The van der Waals surface area contributed by atoms with Gasteiger partial charge in [0, 0.05) is 25.9 Å². The number of hydrogen-bond acceptors (Lipinski definition) is 4. The van der Waals surface area contributed by atoms with E-state index in [1.54, 1.807) is 25.2 Å². The summed E-state index contributed by atoms with van der Waals surface area (Å²) in [6, 6.07) is 8.52. The van der Waals surface area contributed by atoms with Gasteiger partial charge in [-0.15, -0.1) is 11.3 Å². The van der Waals surface area contributed by atoms with E-state index >= 15 is 0 Å². The molecular formula is C22H31ClN3O3S2+. The third-order valence-electron chi connectivity index (χ3n) is 5.92. The summed E-state index contributed by atoms with van der Waals surface area (Å²) in [4.78, 5) is 15.9. The molecule has 170 valence electrons. The van der Waals surface area contributed by atoms with Crippen molar-refractivity contribution in [2.45, 2.75) is 50.6 Å². The molecule has 9 heteroatoms. The standard InChI is InChI=1S/C22H30ClN3O3S2/c1-4-26(5-2)31(28,29)17-10-11-19(23)18(15-17)22(27)24-16(3)21(20-9-8-14-30-20)25-12-6-7-13-25/h8-11,14-16,21H,4-7,12-13H2,1-3H3,(H,24,27)/p+1/t16-,21+/m1/s1. The molecule has 1 aliphatic rings. The molecule has 2 aromatic rings. The Hall–Kier alpha value is -1.45. The lowest BCUT2D eigenvalue weighted by molar-refractivity contribution is -0.920.